The lowest BCUT2D eigenvalue weighted by Gasteiger charge is -2.51. The van der Waals surface area contributed by atoms with E-state index in [0.29, 0.717) is 6.42 Å². The summed E-state index contributed by atoms with van der Waals surface area (Å²) in [7, 11) is 0. The molecule has 0 amide bonds. The Morgan fingerprint density at radius 3 is 2.67 bits per heavy atom. The smallest absolute Gasteiger partial charge is 0.342 e. The van der Waals surface area contributed by atoms with E-state index in [1.165, 1.54) is 0 Å². The van der Waals surface area contributed by atoms with Gasteiger partial charge in [0.25, 0.3) is 0 Å². The summed E-state index contributed by atoms with van der Waals surface area (Å²) in [5, 5.41) is 11.4. The molecule has 0 aromatic heterocycles. The standard InChI is InChI=1S/C15H18O6/c1-5(2)7-8-11(16)19-9(7)10-13(3)14(8,18)4-6-15(13,21-6)12(17)20-10/h5-10,18H,4H2,1-3H3/t6-,7+,8-,9-,10-,13-,14-,15+/m1/s1. The summed E-state index contributed by atoms with van der Waals surface area (Å²) in [6.07, 6.45) is -1.10. The van der Waals surface area contributed by atoms with E-state index in [9.17, 15) is 14.7 Å². The zero-order valence-electron chi connectivity index (χ0n) is 12.2. The van der Waals surface area contributed by atoms with Gasteiger partial charge in [-0.1, -0.05) is 13.8 Å². The van der Waals surface area contributed by atoms with Crippen LogP contribution in [0.1, 0.15) is 27.2 Å². The summed E-state index contributed by atoms with van der Waals surface area (Å²) in [6, 6.07) is 0. The quantitative estimate of drug-likeness (QED) is 0.542. The lowest BCUT2D eigenvalue weighted by molar-refractivity contribution is -0.205. The molecule has 6 nitrogen and oxygen atoms in total. The average molecular weight is 294 g/mol. The molecule has 5 fully saturated rings. The SMILES string of the molecule is CC(C)[C@@H]1[C@H]2OC(=O)[C@@H]1[C@]1(O)C[C@H]3O[C@]34C(=O)O[C@H]2[C@]14C. The van der Waals surface area contributed by atoms with Crippen molar-refractivity contribution in [2.75, 3.05) is 0 Å². The second-order valence-corrected chi connectivity index (χ2v) is 7.70. The van der Waals surface area contributed by atoms with E-state index in [4.69, 9.17) is 14.2 Å². The molecule has 0 aromatic carbocycles. The van der Waals surface area contributed by atoms with Gasteiger partial charge in [0.1, 0.15) is 12.2 Å². The zero-order chi connectivity index (χ0) is 14.9. The number of fused-ring (bicyclic) bond motifs is 4. The van der Waals surface area contributed by atoms with Gasteiger partial charge in [0.2, 0.25) is 5.60 Å². The molecule has 8 atom stereocenters. The highest BCUT2D eigenvalue weighted by molar-refractivity contribution is 5.91. The lowest BCUT2D eigenvalue weighted by atomic mass is 9.52. The largest absolute Gasteiger partial charge is 0.458 e. The van der Waals surface area contributed by atoms with Crippen LogP contribution in [-0.4, -0.2) is 46.6 Å². The molecule has 0 aromatic rings. The van der Waals surface area contributed by atoms with Crippen LogP contribution in [0, 0.1) is 23.2 Å². The highest BCUT2D eigenvalue weighted by Crippen LogP contribution is 2.76. The van der Waals surface area contributed by atoms with Gasteiger partial charge in [0.15, 0.2) is 6.10 Å². The molecule has 3 aliphatic heterocycles. The Balaban J connectivity index is 1.76. The summed E-state index contributed by atoms with van der Waals surface area (Å²) in [5.74, 6) is -1.31. The van der Waals surface area contributed by atoms with Crippen molar-refractivity contribution in [3.63, 3.8) is 0 Å². The Kier molecular flexibility index (Phi) is 1.77. The Morgan fingerprint density at radius 1 is 1.29 bits per heavy atom. The Morgan fingerprint density at radius 2 is 2.00 bits per heavy atom. The highest BCUT2D eigenvalue weighted by Gasteiger charge is 2.95. The third-order valence-corrected chi connectivity index (χ3v) is 6.85. The number of esters is 2. The minimum atomic E-state index is -1.29. The summed E-state index contributed by atoms with van der Waals surface area (Å²) in [4.78, 5) is 24.7. The number of epoxide rings is 1. The molecule has 0 unspecified atom stereocenters. The predicted octanol–water partition coefficient (Wildman–Crippen LogP) is 0.0179. The molecular formula is C15H18O6. The molecule has 114 valence electrons. The van der Waals surface area contributed by atoms with Crippen LogP contribution in [0.25, 0.3) is 0 Å². The first-order chi connectivity index (χ1) is 9.79. The predicted molar refractivity (Wildman–Crippen MR) is 66.9 cm³/mol. The number of hydrogen-bond acceptors (Lipinski definition) is 6. The minimum Gasteiger partial charge on any atom is -0.458 e. The van der Waals surface area contributed by atoms with E-state index in [0.717, 1.165) is 0 Å². The van der Waals surface area contributed by atoms with Gasteiger partial charge in [-0.15, -0.1) is 0 Å². The minimum absolute atomic E-state index is 0.124. The maximum absolute atomic E-state index is 12.4. The number of hydrogen-bond donors (Lipinski definition) is 1. The van der Waals surface area contributed by atoms with Crippen molar-refractivity contribution >= 4 is 11.9 Å². The normalized spacial score (nSPS) is 62.4. The Hall–Kier alpha value is -1.14. The molecule has 5 rings (SSSR count). The van der Waals surface area contributed by atoms with Gasteiger partial charge in [0.05, 0.1) is 16.9 Å². The molecule has 2 saturated carbocycles. The fourth-order valence-electron chi connectivity index (χ4n) is 5.84. The summed E-state index contributed by atoms with van der Waals surface area (Å²) < 4.78 is 16.7. The van der Waals surface area contributed by atoms with Crippen LogP contribution < -0.4 is 0 Å². The molecule has 3 heterocycles. The fourth-order valence-corrected chi connectivity index (χ4v) is 5.84. The van der Waals surface area contributed by atoms with Crippen LogP contribution in [-0.2, 0) is 23.8 Å². The number of aliphatic hydroxyl groups is 1. The molecule has 2 aliphatic carbocycles. The highest BCUT2D eigenvalue weighted by atomic mass is 16.7. The lowest BCUT2D eigenvalue weighted by Crippen LogP contribution is -2.66. The number of carbonyl (C=O) groups excluding carboxylic acids is 2. The maximum Gasteiger partial charge on any atom is 0.342 e. The second-order valence-electron chi connectivity index (χ2n) is 7.70. The van der Waals surface area contributed by atoms with E-state index in [1.54, 1.807) is 0 Å². The number of carbonyl (C=O) groups is 2. The van der Waals surface area contributed by atoms with Gasteiger partial charge in [-0.05, 0) is 12.8 Å². The van der Waals surface area contributed by atoms with E-state index in [1.807, 2.05) is 20.8 Å². The molecule has 1 N–H and O–H groups in total. The van der Waals surface area contributed by atoms with E-state index in [2.05, 4.69) is 0 Å². The second kappa shape index (κ2) is 2.99. The molecule has 3 saturated heterocycles. The van der Waals surface area contributed by atoms with Gasteiger partial charge < -0.3 is 19.3 Å². The van der Waals surface area contributed by atoms with Gasteiger partial charge in [-0.25, -0.2) is 4.79 Å². The van der Waals surface area contributed by atoms with E-state index in [-0.39, 0.29) is 23.9 Å². The van der Waals surface area contributed by atoms with Gasteiger partial charge >= 0.3 is 11.9 Å². The third kappa shape index (κ3) is 0.908. The molecule has 6 heteroatoms. The molecular weight excluding hydrogens is 276 g/mol. The molecule has 5 aliphatic rings. The summed E-state index contributed by atoms with van der Waals surface area (Å²) in [5.41, 5.74) is -3.24. The number of rotatable bonds is 1. The van der Waals surface area contributed by atoms with Gasteiger partial charge in [0, 0.05) is 12.3 Å². The Bertz CT molecular complexity index is 601. The average Bonchev–Trinajstić information content (AvgIpc) is 2.86. The van der Waals surface area contributed by atoms with Crippen LogP contribution >= 0.6 is 0 Å². The van der Waals surface area contributed by atoms with E-state index >= 15 is 0 Å². The third-order valence-electron chi connectivity index (χ3n) is 6.85. The van der Waals surface area contributed by atoms with Gasteiger partial charge in [-0.3, -0.25) is 4.79 Å². The van der Waals surface area contributed by atoms with Crippen molar-refractivity contribution in [3.8, 4) is 0 Å². The van der Waals surface area contributed by atoms with Crippen LogP contribution in [0.5, 0.6) is 0 Å². The van der Waals surface area contributed by atoms with Gasteiger partial charge in [-0.2, -0.15) is 0 Å². The van der Waals surface area contributed by atoms with Crippen molar-refractivity contribution in [3.05, 3.63) is 0 Å². The van der Waals surface area contributed by atoms with Crippen LogP contribution in [0.4, 0.5) is 0 Å². The van der Waals surface area contributed by atoms with Crippen molar-refractivity contribution in [1.29, 1.82) is 0 Å². The summed E-state index contributed by atoms with van der Waals surface area (Å²) >= 11 is 0. The molecule has 1 spiro atoms. The van der Waals surface area contributed by atoms with E-state index < -0.39 is 40.7 Å². The van der Waals surface area contributed by atoms with Crippen molar-refractivity contribution in [2.45, 2.75) is 56.7 Å². The topological polar surface area (TPSA) is 85.4 Å². The molecule has 0 radical (unpaired) electrons. The molecule has 21 heavy (non-hydrogen) atoms. The van der Waals surface area contributed by atoms with Crippen LogP contribution in [0.15, 0.2) is 0 Å². The number of ether oxygens (including phenoxy) is 3. The zero-order valence-corrected chi connectivity index (χ0v) is 12.2. The summed E-state index contributed by atoms with van der Waals surface area (Å²) in [6.45, 7) is 5.85. The maximum atomic E-state index is 12.4. The fraction of sp³-hybridized carbons (Fsp3) is 0.867. The van der Waals surface area contributed by atoms with Crippen molar-refractivity contribution in [1.82, 2.24) is 0 Å². The Labute approximate surface area is 121 Å². The first-order valence-electron chi connectivity index (χ1n) is 7.61. The van der Waals surface area contributed by atoms with Crippen molar-refractivity contribution < 1.29 is 28.9 Å². The van der Waals surface area contributed by atoms with Crippen LogP contribution in [0.2, 0.25) is 0 Å². The van der Waals surface area contributed by atoms with Crippen LogP contribution in [0.3, 0.4) is 0 Å². The first-order valence-corrected chi connectivity index (χ1v) is 7.61. The molecule has 2 bridgehead atoms. The monoisotopic (exact) mass is 294 g/mol. The first kappa shape index (κ1) is 12.4. The van der Waals surface area contributed by atoms with Crippen molar-refractivity contribution in [2.24, 2.45) is 23.2 Å².